The molecule has 5 aromatic carbocycles. The number of nitrogens with one attached hydrogen (secondary N) is 1. The fourth-order valence-electron chi connectivity index (χ4n) is 5.32. The van der Waals surface area contributed by atoms with Gasteiger partial charge in [0.05, 0.1) is 26.1 Å². The zero-order valence-electron chi connectivity index (χ0n) is 33.4. The molecule has 1 aliphatic carbocycles. The van der Waals surface area contributed by atoms with E-state index >= 15 is 0 Å². The Morgan fingerprint density at radius 3 is 1.72 bits per heavy atom. The molecule has 15 heteroatoms. The molecule has 2 radical (unpaired) electrons. The minimum Gasteiger partial charge on any atom is -0.698 e. The number of nitro groups is 1. The van der Waals surface area contributed by atoms with Crippen LogP contribution in [0.25, 0.3) is 27.3 Å². The molecular formula is C42H48Cl2N2O9Y2-2. The van der Waals surface area contributed by atoms with Gasteiger partial charge in [0.2, 0.25) is 0 Å². The summed E-state index contributed by atoms with van der Waals surface area (Å²) in [6.45, 7) is 13.9. The van der Waals surface area contributed by atoms with Crippen LogP contribution in [0.3, 0.4) is 0 Å². The summed E-state index contributed by atoms with van der Waals surface area (Å²) in [6, 6.07) is 22.0. The Kier molecular flexibility index (Phi) is 29.5. The van der Waals surface area contributed by atoms with Crippen molar-refractivity contribution in [3.8, 4) is 0 Å². The molecule has 0 saturated heterocycles. The Morgan fingerprint density at radius 1 is 0.789 bits per heavy atom. The predicted molar refractivity (Wildman–Crippen MR) is 223 cm³/mol. The molecule has 0 bridgehead atoms. The van der Waals surface area contributed by atoms with Gasteiger partial charge in [0.1, 0.15) is 0 Å². The fourth-order valence-corrected chi connectivity index (χ4v) is 5.90. The fraction of sp³-hybridized carbons (Fsp3) is 0.262. The maximum atomic E-state index is 11.9. The molecule has 0 heterocycles. The quantitative estimate of drug-likeness (QED) is 0.0642. The van der Waals surface area contributed by atoms with E-state index in [1.54, 1.807) is 0 Å². The number of nitrogens with zero attached hydrogens (tertiary/aromatic N) is 1. The monoisotopic (exact) mass is 972 g/mol. The minimum atomic E-state index is -1.34. The van der Waals surface area contributed by atoms with Crippen LogP contribution in [0.4, 0.5) is 11.4 Å². The topological polar surface area (TPSA) is 196 Å². The molecule has 0 spiro atoms. The van der Waals surface area contributed by atoms with E-state index in [9.17, 15) is 34.4 Å². The molecule has 0 aliphatic heterocycles. The number of fused-ring (bicyclic) bond motifs is 3. The molecule has 1 atom stereocenters. The van der Waals surface area contributed by atoms with Gasteiger partial charge in [0, 0.05) is 95.5 Å². The first-order valence-corrected chi connectivity index (χ1v) is 18.1. The van der Waals surface area contributed by atoms with E-state index in [4.69, 9.17) is 39.1 Å². The molecule has 4 N–H and O–H groups in total. The summed E-state index contributed by atoms with van der Waals surface area (Å²) in [5.74, 6) is -3.16. The summed E-state index contributed by atoms with van der Waals surface area (Å²) in [4.78, 5) is 53.9. The Labute approximate surface area is 394 Å². The van der Waals surface area contributed by atoms with Crippen LogP contribution in [0.15, 0.2) is 78.9 Å². The standard InChI is InChI=1S/C15H10O2.C13H12Cl2O3.C7H5N2O4.3C2H6.CH3.2Y/c16-15(17)14-12-7-3-1-5-10(12)9-11-6-2-4-8-13(11)14;1-6-4-8-5-7(2-3-9(16)17)11(14)12(15)10(8)13(6)18;8-6-2-1-4(9(12)13)3-5(6)7(10)11;3*1-2;;;/h1-9H,(H,16,17);5-6H,2-4H2,1H3,(H,16,17);1-3,8H,(H,10,11);3*1-2H3;1H3;;/q;;-1;;;;-1;;. The van der Waals surface area contributed by atoms with Gasteiger partial charge in [-0.3, -0.25) is 19.7 Å². The van der Waals surface area contributed by atoms with Gasteiger partial charge in [0.15, 0.2) is 5.78 Å². The summed E-state index contributed by atoms with van der Waals surface area (Å²) in [5.41, 5.74) is 8.68. The molecule has 0 aromatic heterocycles. The molecule has 0 amide bonds. The number of ketones is 1. The molecule has 6 rings (SSSR count). The third-order valence-electron chi connectivity index (χ3n) is 7.62. The maximum absolute atomic E-state index is 11.9. The number of nitro benzene ring substituents is 1. The predicted octanol–water partition coefficient (Wildman–Crippen LogP) is 12.6. The average molecular weight is 974 g/mol. The van der Waals surface area contributed by atoms with Gasteiger partial charge in [-0.05, 0) is 51.6 Å². The van der Waals surface area contributed by atoms with Crippen molar-refractivity contribution in [2.45, 2.75) is 67.7 Å². The largest absolute Gasteiger partial charge is 0.698 e. The number of carboxylic acids is 3. The van der Waals surface area contributed by atoms with Crippen molar-refractivity contribution in [3.05, 3.63) is 140 Å². The Hall–Kier alpha value is -3.31. The summed E-state index contributed by atoms with van der Waals surface area (Å²) in [7, 11) is 0. The average Bonchev–Trinajstić information content (AvgIpc) is 3.46. The molecule has 1 unspecified atom stereocenters. The zero-order chi connectivity index (χ0) is 41.3. The number of aliphatic carboxylic acids is 1. The summed E-state index contributed by atoms with van der Waals surface area (Å²) < 4.78 is 0. The molecule has 11 nitrogen and oxygen atoms in total. The number of rotatable bonds is 6. The van der Waals surface area contributed by atoms with E-state index in [0.717, 1.165) is 45.3 Å². The van der Waals surface area contributed by atoms with E-state index in [0.29, 0.717) is 34.6 Å². The second kappa shape index (κ2) is 29.0. The van der Waals surface area contributed by atoms with Gasteiger partial charge in [-0.15, -0.1) is 5.69 Å². The van der Waals surface area contributed by atoms with Crippen molar-refractivity contribution in [3.63, 3.8) is 0 Å². The Bertz CT molecular complexity index is 2080. The van der Waals surface area contributed by atoms with Gasteiger partial charge < -0.3 is 28.5 Å². The number of halogens is 2. The van der Waals surface area contributed by atoms with Crippen LogP contribution in [-0.2, 0) is 83.1 Å². The van der Waals surface area contributed by atoms with Crippen LogP contribution >= 0.6 is 23.2 Å². The molecular weight excluding hydrogens is 925 g/mol. The number of non-ortho nitro benzene ring substituents is 1. The number of aromatic carboxylic acids is 2. The molecule has 0 saturated carbocycles. The molecule has 1 aliphatic rings. The number of benzene rings is 5. The maximum Gasteiger partial charge on any atom is 0.336 e. The van der Waals surface area contributed by atoms with Crippen LogP contribution in [0.1, 0.15) is 97.1 Å². The van der Waals surface area contributed by atoms with Gasteiger partial charge in [-0.2, -0.15) is 0 Å². The molecule has 0 fully saturated rings. The second-order valence-electron chi connectivity index (χ2n) is 10.9. The molecule has 57 heavy (non-hydrogen) atoms. The second-order valence-corrected chi connectivity index (χ2v) is 11.6. The van der Waals surface area contributed by atoms with Crippen LogP contribution in [0, 0.1) is 23.5 Å². The first-order chi connectivity index (χ1) is 25.7. The third kappa shape index (κ3) is 15.8. The smallest absolute Gasteiger partial charge is 0.336 e. The number of Topliss-reactive ketones (excluding diaryl/α,β-unsaturated/α-hetero) is 1. The number of carbonyl (C=O) groups is 4. The number of aryl methyl sites for hydroxylation is 1. The van der Waals surface area contributed by atoms with Crippen molar-refractivity contribution in [2.75, 3.05) is 0 Å². The van der Waals surface area contributed by atoms with Gasteiger partial charge in [-0.1, -0.05) is 132 Å². The number of carboxylic acid groups (broad SMARTS) is 3. The SMILES string of the molecule is CC.CC.CC.CC1Cc2cc(CCC(=O)O)c(Cl)c(Cl)c2C1=O.O=C(O)c1c2ccccc2cc2ccccc12.[CH3-].[NH-]c1ccc([N+](=O)[O-])cc1C(=O)O.[Y].[Y]. The first kappa shape index (κ1) is 58.0. The normalized spacial score (nSPS) is 11.4. The van der Waals surface area contributed by atoms with Crippen LogP contribution in [-0.4, -0.2) is 43.9 Å². The molecule has 5 aromatic rings. The van der Waals surface area contributed by atoms with Crippen molar-refractivity contribution >= 4 is 79.8 Å². The summed E-state index contributed by atoms with van der Waals surface area (Å²) in [5, 5.41) is 40.9. The first-order valence-electron chi connectivity index (χ1n) is 17.3. The van der Waals surface area contributed by atoms with Crippen LogP contribution < -0.4 is 0 Å². The number of hydrogen-bond acceptors (Lipinski definition) is 6. The Morgan fingerprint density at radius 2 is 1.28 bits per heavy atom. The van der Waals surface area contributed by atoms with E-state index in [2.05, 4.69) is 0 Å². The van der Waals surface area contributed by atoms with Crippen LogP contribution in [0.2, 0.25) is 10.0 Å². The van der Waals surface area contributed by atoms with Crippen LogP contribution in [0.5, 0.6) is 0 Å². The molecule has 302 valence electrons. The van der Waals surface area contributed by atoms with Crippen molar-refractivity contribution < 1.29 is 105 Å². The van der Waals surface area contributed by atoms with E-state index in [1.807, 2.05) is 109 Å². The Balaban J connectivity index is -0.000000709. The van der Waals surface area contributed by atoms with Gasteiger partial charge in [0.25, 0.3) is 5.69 Å². The van der Waals surface area contributed by atoms with Crippen molar-refractivity contribution in [1.29, 1.82) is 0 Å². The van der Waals surface area contributed by atoms with Gasteiger partial charge in [-0.25, -0.2) is 9.59 Å². The van der Waals surface area contributed by atoms with Gasteiger partial charge >= 0.3 is 17.9 Å². The summed E-state index contributed by atoms with van der Waals surface area (Å²) in [6.07, 6.45) is 0.965. The zero-order valence-corrected chi connectivity index (χ0v) is 40.5. The number of hydrogen-bond donors (Lipinski definition) is 3. The van der Waals surface area contributed by atoms with Crippen molar-refractivity contribution in [1.82, 2.24) is 0 Å². The minimum absolute atomic E-state index is 0. The third-order valence-corrected chi connectivity index (χ3v) is 8.53. The summed E-state index contributed by atoms with van der Waals surface area (Å²) >= 11 is 12.2. The van der Waals surface area contributed by atoms with E-state index in [1.165, 1.54) is 0 Å². The van der Waals surface area contributed by atoms with E-state index in [-0.39, 0.29) is 113 Å². The number of carbonyl (C=O) groups excluding carboxylic acids is 1. The van der Waals surface area contributed by atoms with E-state index < -0.39 is 22.8 Å². The van der Waals surface area contributed by atoms with Crippen molar-refractivity contribution in [2.24, 2.45) is 5.92 Å².